The van der Waals surface area contributed by atoms with E-state index in [1.807, 2.05) is 6.07 Å². The lowest BCUT2D eigenvalue weighted by Crippen LogP contribution is -2.47. The number of anilines is 1. The number of hydrogen-bond acceptors (Lipinski definition) is 5. The fourth-order valence-electron chi connectivity index (χ4n) is 2.56. The maximum atomic E-state index is 8.80. The minimum absolute atomic E-state index is 0.200. The largest absolute Gasteiger partial charge is 0.352 e. The van der Waals surface area contributed by atoms with Crippen LogP contribution in [-0.2, 0) is 0 Å². The Bertz CT molecular complexity index is 443. The van der Waals surface area contributed by atoms with Gasteiger partial charge in [0, 0.05) is 18.3 Å². The highest BCUT2D eigenvalue weighted by Gasteiger charge is 2.35. The normalized spacial score (nSPS) is 17.7. The summed E-state index contributed by atoms with van der Waals surface area (Å²) in [6.45, 7) is 0.828. The molecule has 1 aliphatic rings. The van der Waals surface area contributed by atoms with Crippen LogP contribution in [0.15, 0.2) is 12.3 Å². The molecule has 1 aliphatic carbocycles. The van der Waals surface area contributed by atoms with Gasteiger partial charge in [-0.05, 0) is 33.0 Å². The van der Waals surface area contributed by atoms with Crippen LogP contribution in [0, 0.1) is 11.3 Å². The quantitative estimate of drug-likeness (QED) is 0.873. The molecule has 0 radical (unpaired) electrons. The van der Waals surface area contributed by atoms with E-state index in [4.69, 9.17) is 5.26 Å². The highest BCUT2D eigenvalue weighted by atomic mass is 15.2. The summed E-state index contributed by atoms with van der Waals surface area (Å²) >= 11 is 0. The van der Waals surface area contributed by atoms with Crippen molar-refractivity contribution in [3.63, 3.8) is 0 Å². The van der Waals surface area contributed by atoms with Crippen molar-refractivity contribution >= 4 is 5.95 Å². The van der Waals surface area contributed by atoms with E-state index in [1.54, 1.807) is 12.3 Å². The molecule has 1 fully saturated rings. The number of likely N-dealkylation sites (N-methyl/N-ethyl adjacent to an activating group) is 1. The minimum atomic E-state index is 0.200. The number of nitrogens with zero attached hydrogens (tertiary/aromatic N) is 4. The van der Waals surface area contributed by atoms with Crippen LogP contribution in [0.5, 0.6) is 0 Å². The molecule has 5 heteroatoms. The first-order valence-electron chi connectivity index (χ1n) is 6.31. The summed E-state index contributed by atoms with van der Waals surface area (Å²) in [5, 5.41) is 12.1. The summed E-state index contributed by atoms with van der Waals surface area (Å²) in [5.74, 6) is 0.544. The van der Waals surface area contributed by atoms with Crippen molar-refractivity contribution in [3.05, 3.63) is 18.0 Å². The number of aromatic nitrogens is 2. The highest BCUT2D eigenvalue weighted by Crippen LogP contribution is 2.33. The fourth-order valence-corrected chi connectivity index (χ4v) is 2.56. The van der Waals surface area contributed by atoms with Crippen molar-refractivity contribution in [1.29, 1.82) is 5.26 Å². The van der Waals surface area contributed by atoms with E-state index < -0.39 is 0 Å². The standard InChI is InChI=1S/C13H19N5/c1-18(2)13(6-3-4-7-13)10-16-12-15-8-5-11(9-14)17-12/h5,8H,3-4,6-7,10H2,1-2H3,(H,15,16,17). The van der Waals surface area contributed by atoms with E-state index in [9.17, 15) is 0 Å². The smallest absolute Gasteiger partial charge is 0.223 e. The molecule has 0 bridgehead atoms. The molecular weight excluding hydrogens is 226 g/mol. The molecule has 0 saturated heterocycles. The lowest BCUT2D eigenvalue weighted by Gasteiger charge is -2.36. The van der Waals surface area contributed by atoms with Crippen LogP contribution in [0.3, 0.4) is 0 Å². The molecule has 0 amide bonds. The van der Waals surface area contributed by atoms with E-state index in [-0.39, 0.29) is 5.54 Å². The van der Waals surface area contributed by atoms with Gasteiger partial charge in [-0.1, -0.05) is 12.8 Å². The molecule has 96 valence electrons. The highest BCUT2D eigenvalue weighted by molar-refractivity contribution is 5.30. The zero-order valence-corrected chi connectivity index (χ0v) is 11.0. The van der Waals surface area contributed by atoms with Gasteiger partial charge >= 0.3 is 0 Å². The molecule has 0 atom stereocenters. The van der Waals surface area contributed by atoms with Gasteiger partial charge in [0.1, 0.15) is 11.8 Å². The average Bonchev–Trinajstić information content (AvgIpc) is 2.87. The third-order valence-corrected chi connectivity index (χ3v) is 3.83. The second kappa shape index (κ2) is 5.32. The van der Waals surface area contributed by atoms with Crippen LogP contribution < -0.4 is 5.32 Å². The van der Waals surface area contributed by atoms with Crippen molar-refractivity contribution in [2.75, 3.05) is 26.0 Å². The average molecular weight is 245 g/mol. The molecule has 0 aromatic carbocycles. The van der Waals surface area contributed by atoms with Gasteiger partial charge in [-0.25, -0.2) is 9.97 Å². The Morgan fingerprint density at radius 3 is 2.78 bits per heavy atom. The monoisotopic (exact) mass is 245 g/mol. The van der Waals surface area contributed by atoms with Crippen LogP contribution in [0.2, 0.25) is 0 Å². The van der Waals surface area contributed by atoms with Crippen LogP contribution >= 0.6 is 0 Å². The molecule has 18 heavy (non-hydrogen) atoms. The second-order valence-corrected chi connectivity index (χ2v) is 5.06. The number of hydrogen-bond donors (Lipinski definition) is 1. The summed E-state index contributed by atoms with van der Waals surface area (Å²) < 4.78 is 0. The van der Waals surface area contributed by atoms with Crippen molar-refractivity contribution in [2.24, 2.45) is 0 Å². The van der Waals surface area contributed by atoms with Crippen molar-refractivity contribution in [3.8, 4) is 6.07 Å². The number of rotatable bonds is 4. The Balaban J connectivity index is 2.04. The van der Waals surface area contributed by atoms with E-state index in [2.05, 4.69) is 34.3 Å². The van der Waals surface area contributed by atoms with Gasteiger partial charge in [0.2, 0.25) is 5.95 Å². The van der Waals surface area contributed by atoms with E-state index in [1.165, 1.54) is 25.7 Å². The summed E-state index contributed by atoms with van der Waals surface area (Å²) in [7, 11) is 4.25. The van der Waals surface area contributed by atoms with Crippen LogP contribution in [0.25, 0.3) is 0 Å². The van der Waals surface area contributed by atoms with E-state index in [0.717, 1.165) is 6.54 Å². The third kappa shape index (κ3) is 2.59. The van der Waals surface area contributed by atoms with Gasteiger partial charge in [-0.2, -0.15) is 5.26 Å². The first-order chi connectivity index (χ1) is 8.66. The fraction of sp³-hybridized carbons (Fsp3) is 0.615. The Labute approximate surface area is 108 Å². The van der Waals surface area contributed by atoms with Gasteiger partial charge in [-0.15, -0.1) is 0 Å². The molecule has 5 nitrogen and oxygen atoms in total. The number of nitriles is 1. The van der Waals surface area contributed by atoms with Gasteiger partial charge in [-0.3, -0.25) is 0 Å². The topological polar surface area (TPSA) is 64.8 Å². The summed E-state index contributed by atoms with van der Waals surface area (Å²) in [5.41, 5.74) is 0.601. The van der Waals surface area contributed by atoms with Crippen molar-refractivity contribution in [1.82, 2.24) is 14.9 Å². The Morgan fingerprint density at radius 2 is 2.17 bits per heavy atom. The zero-order chi connectivity index (χ0) is 13.0. The van der Waals surface area contributed by atoms with Crippen molar-refractivity contribution in [2.45, 2.75) is 31.2 Å². The molecule has 0 unspecified atom stereocenters. The van der Waals surface area contributed by atoms with Crippen LogP contribution in [0.4, 0.5) is 5.95 Å². The van der Waals surface area contributed by atoms with E-state index >= 15 is 0 Å². The van der Waals surface area contributed by atoms with Gasteiger partial charge in [0.25, 0.3) is 0 Å². The lowest BCUT2D eigenvalue weighted by molar-refractivity contribution is 0.172. The molecule has 1 N–H and O–H groups in total. The summed E-state index contributed by atoms with van der Waals surface area (Å²) in [6.07, 6.45) is 6.57. The number of nitrogens with one attached hydrogen (secondary N) is 1. The lowest BCUT2D eigenvalue weighted by atomic mass is 9.96. The molecule has 1 saturated carbocycles. The maximum absolute atomic E-state index is 8.80. The SMILES string of the molecule is CN(C)C1(CNc2nccc(C#N)n2)CCCC1. The van der Waals surface area contributed by atoms with Crippen LogP contribution in [-0.4, -0.2) is 41.0 Å². The zero-order valence-electron chi connectivity index (χ0n) is 11.0. The molecule has 0 aliphatic heterocycles. The second-order valence-electron chi connectivity index (χ2n) is 5.06. The van der Waals surface area contributed by atoms with Gasteiger partial charge < -0.3 is 10.2 Å². The van der Waals surface area contributed by atoms with E-state index in [0.29, 0.717) is 11.6 Å². The Hall–Kier alpha value is -1.67. The van der Waals surface area contributed by atoms with Gasteiger partial charge in [0.05, 0.1) is 0 Å². The summed E-state index contributed by atoms with van der Waals surface area (Å²) in [6, 6.07) is 3.64. The van der Waals surface area contributed by atoms with Crippen LogP contribution in [0.1, 0.15) is 31.4 Å². The Morgan fingerprint density at radius 1 is 1.44 bits per heavy atom. The molecule has 2 rings (SSSR count). The Kier molecular flexibility index (Phi) is 3.78. The molecule has 1 aromatic rings. The van der Waals surface area contributed by atoms with Crippen molar-refractivity contribution < 1.29 is 0 Å². The van der Waals surface area contributed by atoms with Gasteiger partial charge in [0.15, 0.2) is 0 Å². The predicted octanol–water partition coefficient (Wildman–Crippen LogP) is 1.63. The third-order valence-electron chi connectivity index (χ3n) is 3.83. The molecule has 1 heterocycles. The first-order valence-corrected chi connectivity index (χ1v) is 6.31. The minimum Gasteiger partial charge on any atom is -0.352 e. The summed E-state index contributed by atoms with van der Waals surface area (Å²) in [4.78, 5) is 10.6. The molecule has 1 aromatic heterocycles. The first kappa shape index (κ1) is 12.8. The maximum Gasteiger partial charge on any atom is 0.223 e. The predicted molar refractivity (Wildman–Crippen MR) is 70.1 cm³/mol. The molecule has 0 spiro atoms. The molecular formula is C13H19N5.